The van der Waals surface area contributed by atoms with Crippen molar-refractivity contribution in [2.75, 3.05) is 10.6 Å². The SMILES string of the molecule is Cc1nc(Oc2ccc(NC(=O)Nc3cccc(F)c3)cc2)cc(-n2nc(C)c(C)c2C)n1. The number of nitrogens with one attached hydrogen (secondary N) is 2. The molecule has 0 spiro atoms. The van der Waals surface area contributed by atoms with Crippen LogP contribution in [0.3, 0.4) is 0 Å². The molecule has 2 amide bonds. The lowest BCUT2D eigenvalue weighted by atomic mass is 10.2. The Morgan fingerprint density at radius 2 is 1.67 bits per heavy atom. The molecule has 4 aromatic rings. The number of urea groups is 1. The van der Waals surface area contributed by atoms with E-state index in [1.54, 1.807) is 48.0 Å². The molecule has 2 heterocycles. The van der Waals surface area contributed by atoms with Gasteiger partial charge in [0.25, 0.3) is 0 Å². The molecule has 33 heavy (non-hydrogen) atoms. The number of nitrogens with zero attached hydrogens (tertiary/aromatic N) is 4. The van der Waals surface area contributed by atoms with Crippen molar-refractivity contribution in [3.63, 3.8) is 0 Å². The smallest absolute Gasteiger partial charge is 0.323 e. The van der Waals surface area contributed by atoms with E-state index in [1.807, 2.05) is 20.8 Å². The molecule has 0 unspecified atom stereocenters. The van der Waals surface area contributed by atoms with E-state index in [-0.39, 0.29) is 0 Å². The van der Waals surface area contributed by atoms with Gasteiger partial charge in [0.05, 0.1) is 5.69 Å². The minimum Gasteiger partial charge on any atom is -0.439 e. The van der Waals surface area contributed by atoms with Gasteiger partial charge in [0.15, 0.2) is 5.82 Å². The Balaban J connectivity index is 1.45. The molecular weight excluding hydrogens is 423 g/mol. The van der Waals surface area contributed by atoms with Crippen LogP contribution in [0.2, 0.25) is 0 Å². The van der Waals surface area contributed by atoms with E-state index in [0.717, 1.165) is 17.0 Å². The quantitative estimate of drug-likeness (QED) is 0.424. The Morgan fingerprint density at radius 1 is 0.939 bits per heavy atom. The molecule has 0 aliphatic carbocycles. The first-order valence-electron chi connectivity index (χ1n) is 10.3. The lowest BCUT2D eigenvalue weighted by Gasteiger charge is -2.10. The Hall–Kier alpha value is -4.27. The summed E-state index contributed by atoms with van der Waals surface area (Å²) in [4.78, 5) is 21.0. The molecule has 4 rings (SSSR count). The maximum absolute atomic E-state index is 13.3. The molecule has 2 N–H and O–H groups in total. The molecule has 9 heteroatoms. The molecule has 168 valence electrons. The monoisotopic (exact) mass is 446 g/mol. The second kappa shape index (κ2) is 9.07. The van der Waals surface area contributed by atoms with Crippen LogP contribution in [0.4, 0.5) is 20.6 Å². The van der Waals surface area contributed by atoms with E-state index in [9.17, 15) is 9.18 Å². The highest BCUT2D eigenvalue weighted by molar-refractivity contribution is 5.99. The molecule has 0 saturated heterocycles. The van der Waals surface area contributed by atoms with Crippen LogP contribution in [0.25, 0.3) is 5.82 Å². The van der Waals surface area contributed by atoms with Crippen LogP contribution in [0, 0.1) is 33.5 Å². The second-order valence-electron chi connectivity index (χ2n) is 7.54. The van der Waals surface area contributed by atoms with Gasteiger partial charge in [0.2, 0.25) is 5.88 Å². The maximum Gasteiger partial charge on any atom is 0.323 e. The summed E-state index contributed by atoms with van der Waals surface area (Å²) in [5, 5.41) is 9.81. The topological polar surface area (TPSA) is 94.0 Å². The van der Waals surface area contributed by atoms with Gasteiger partial charge < -0.3 is 15.4 Å². The number of aryl methyl sites for hydroxylation is 2. The lowest BCUT2D eigenvalue weighted by Crippen LogP contribution is -2.19. The number of anilines is 2. The van der Waals surface area contributed by atoms with Crippen LogP contribution in [0.1, 0.15) is 22.8 Å². The molecule has 2 aromatic heterocycles. The van der Waals surface area contributed by atoms with Crippen LogP contribution in [0.5, 0.6) is 11.6 Å². The average Bonchev–Trinajstić information content (AvgIpc) is 3.02. The zero-order chi connectivity index (χ0) is 23.5. The molecule has 0 aliphatic rings. The fourth-order valence-electron chi connectivity index (χ4n) is 3.22. The van der Waals surface area contributed by atoms with Gasteiger partial charge in [-0.3, -0.25) is 0 Å². The number of rotatable bonds is 5. The summed E-state index contributed by atoms with van der Waals surface area (Å²) in [6.07, 6.45) is 0. The van der Waals surface area contributed by atoms with Crippen molar-refractivity contribution >= 4 is 17.4 Å². The van der Waals surface area contributed by atoms with Crippen molar-refractivity contribution in [3.05, 3.63) is 83.2 Å². The third-order valence-corrected chi connectivity index (χ3v) is 5.09. The van der Waals surface area contributed by atoms with E-state index in [4.69, 9.17) is 4.74 Å². The first-order valence-corrected chi connectivity index (χ1v) is 10.3. The predicted molar refractivity (Wildman–Crippen MR) is 124 cm³/mol. The van der Waals surface area contributed by atoms with E-state index < -0.39 is 11.8 Å². The van der Waals surface area contributed by atoms with E-state index in [1.165, 1.54) is 18.2 Å². The summed E-state index contributed by atoms with van der Waals surface area (Å²) >= 11 is 0. The first kappa shape index (κ1) is 21.9. The Bertz CT molecular complexity index is 1320. The molecule has 0 fully saturated rings. The molecule has 2 aromatic carbocycles. The number of halogens is 1. The third kappa shape index (κ3) is 5.15. The van der Waals surface area contributed by atoms with Crippen molar-refractivity contribution in [2.45, 2.75) is 27.7 Å². The number of aromatic nitrogens is 4. The molecule has 0 radical (unpaired) electrons. The van der Waals surface area contributed by atoms with Crippen molar-refractivity contribution in [2.24, 2.45) is 0 Å². The number of hydrogen-bond acceptors (Lipinski definition) is 5. The molecule has 0 bridgehead atoms. The van der Waals surface area contributed by atoms with Gasteiger partial charge in [-0.05, 0) is 75.7 Å². The van der Waals surface area contributed by atoms with Crippen LogP contribution in [-0.4, -0.2) is 25.8 Å². The Morgan fingerprint density at radius 3 is 2.33 bits per heavy atom. The largest absolute Gasteiger partial charge is 0.439 e. The summed E-state index contributed by atoms with van der Waals surface area (Å²) in [6, 6.07) is 13.7. The Kier molecular flexibility index (Phi) is 6.03. The van der Waals surface area contributed by atoms with Gasteiger partial charge in [0.1, 0.15) is 17.4 Å². The van der Waals surface area contributed by atoms with Crippen molar-refractivity contribution in [3.8, 4) is 17.4 Å². The number of amides is 2. The Labute approximate surface area is 190 Å². The third-order valence-electron chi connectivity index (χ3n) is 5.09. The highest BCUT2D eigenvalue weighted by Crippen LogP contribution is 2.24. The lowest BCUT2D eigenvalue weighted by molar-refractivity contribution is 0.262. The van der Waals surface area contributed by atoms with Crippen LogP contribution in [0.15, 0.2) is 54.6 Å². The first-order chi connectivity index (χ1) is 15.8. The van der Waals surface area contributed by atoms with Crippen molar-refractivity contribution in [1.29, 1.82) is 0 Å². The molecule has 0 atom stereocenters. The van der Waals surface area contributed by atoms with E-state index >= 15 is 0 Å². The summed E-state index contributed by atoms with van der Waals surface area (Å²) in [7, 11) is 0. The van der Waals surface area contributed by atoms with Gasteiger partial charge in [-0.2, -0.15) is 10.1 Å². The van der Waals surface area contributed by atoms with Gasteiger partial charge in [-0.15, -0.1) is 0 Å². The maximum atomic E-state index is 13.3. The zero-order valence-corrected chi connectivity index (χ0v) is 18.7. The fourth-order valence-corrected chi connectivity index (χ4v) is 3.22. The summed E-state index contributed by atoms with van der Waals surface area (Å²) in [6.45, 7) is 7.76. The molecule has 0 saturated carbocycles. The minimum atomic E-state index is -0.481. The number of ether oxygens (including phenoxy) is 1. The number of carbonyl (C=O) groups is 1. The standard InChI is InChI=1S/C24H23FN6O2/c1-14-15(2)30-31(16(14)3)22-13-23(27-17(4)26-22)33-21-10-8-19(9-11-21)28-24(32)29-20-7-5-6-18(25)12-20/h5-13H,1-4H3,(H2,28,29,32). The predicted octanol–water partition coefficient (Wildman–Crippen LogP) is 5.47. The highest BCUT2D eigenvalue weighted by Gasteiger charge is 2.13. The summed E-state index contributed by atoms with van der Waals surface area (Å²) in [5.41, 5.74) is 3.96. The summed E-state index contributed by atoms with van der Waals surface area (Å²) < 4.78 is 20.9. The number of benzene rings is 2. The average molecular weight is 446 g/mol. The van der Waals surface area contributed by atoms with Gasteiger partial charge in [0, 0.05) is 23.1 Å². The molecular formula is C24H23FN6O2. The zero-order valence-electron chi connectivity index (χ0n) is 18.7. The molecule has 8 nitrogen and oxygen atoms in total. The second-order valence-corrected chi connectivity index (χ2v) is 7.54. The van der Waals surface area contributed by atoms with Gasteiger partial charge in [-0.1, -0.05) is 6.07 Å². The summed E-state index contributed by atoms with van der Waals surface area (Å²) in [5.74, 6) is 1.68. The van der Waals surface area contributed by atoms with Crippen LogP contribution >= 0.6 is 0 Å². The van der Waals surface area contributed by atoms with Gasteiger partial charge in [-0.25, -0.2) is 18.9 Å². The van der Waals surface area contributed by atoms with Crippen molar-refractivity contribution < 1.29 is 13.9 Å². The van der Waals surface area contributed by atoms with Crippen LogP contribution in [-0.2, 0) is 0 Å². The fraction of sp³-hybridized carbons (Fsp3) is 0.167. The molecule has 0 aliphatic heterocycles. The number of hydrogen-bond donors (Lipinski definition) is 2. The normalized spacial score (nSPS) is 10.7. The number of carbonyl (C=O) groups excluding carboxylic acids is 1. The minimum absolute atomic E-state index is 0.361. The van der Waals surface area contributed by atoms with Gasteiger partial charge >= 0.3 is 6.03 Å². The van der Waals surface area contributed by atoms with Crippen molar-refractivity contribution in [1.82, 2.24) is 19.7 Å². The van der Waals surface area contributed by atoms with Crippen LogP contribution < -0.4 is 15.4 Å². The van der Waals surface area contributed by atoms with E-state index in [0.29, 0.717) is 34.6 Å². The van der Waals surface area contributed by atoms with E-state index in [2.05, 4.69) is 25.7 Å². The highest BCUT2D eigenvalue weighted by atomic mass is 19.1.